The Bertz CT molecular complexity index is 646. The summed E-state index contributed by atoms with van der Waals surface area (Å²) in [6, 6.07) is 8.70. The first-order valence-corrected chi connectivity index (χ1v) is 6.90. The molecule has 6 heteroatoms. The number of nitrogens with one attached hydrogen (secondary N) is 1. The molecule has 0 aliphatic carbocycles. The summed E-state index contributed by atoms with van der Waals surface area (Å²) in [6.07, 6.45) is 7.66. The van der Waals surface area contributed by atoms with Gasteiger partial charge in [0.1, 0.15) is 0 Å². The Morgan fingerprint density at radius 2 is 2.14 bits per heavy atom. The van der Waals surface area contributed by atoms with E-state index in [-0.39, 0.29) is 6.04 Å². The van der Waals surface area contributed by atoms with Crippen molar-refractivity contribution in [1.29, 1.82) is 0 Å². The van der Waals surface area contributed by atoms with Crippen molar-refractivity contribution in [2.75, 3.05) is 6.54 Å². The Morgan fingerprint density at radius 3 is 2.81 bits per heavy atom. The molecule has 0 saturated carbocycles. The zero-order chi connectivity index (χ0) is 14.5. The van der Waals surface area contributed by atoms with E-state index in [2.05, 4.69) is 51.6 Å². The number of aromatic nitrogens is 4. The molecule has 108 valence electrons. The van der Waals surface area contributed by atoms with Crippen molar-refractivity contribution < 1.29 is 4.52 Å². The van der Waals surface area contributed by atoms with Gasteiger partial charge in [0, 0.05) is 37.1 Å². The maximum absolute atomic E-state index is 4.97. The maximum Gasteiger partial charge on any atom is 0.227 e. The highest BCUT2D eigenvalue weighted by molar-refractivity contribution is 5.35. The molecule has 0 fully saturated rings. The van der Waals surface area contributed by atoms with Crippen molar-refractivity contribution in [3.05, 3.63) is 60.8 Å². The fraction of sp³-hybridized carbons (Fsp3) is 0.267. The number of hydrogen-bond donors (Lipinski definition) is 1. The fourth-order valence-corrected chi connectivity index (χ4v) is 2.17. The Kier molecular flexibility index (Phi) is 4.07. The van der Waals surface area contributed by atoms with E-state index >= 15 is 0 Å². The standard InChI is InChI=1S/C15H17N5O/c1-12(17-7-6-15-18-10-19-21-15)13-2-4-14(5-3-13)20-9-8-16-11-20/h2-5,8-12,17H,6-7H2,1H3. The summed E-state index contributed by atoms with van der Waals surface area (Å²) >= 11 is 0. The van der Waals surface area contributed by atoms with E-state index in [9.17, 15) is 0 Å². The Labute approximate surface area is 122 Å². The molecule has 0 amide bonds. The van der Waals surface area contributed by atoms with Crippen LogP contribution in [0.5, 0.6) is 0 Å². The molecule has 6 nitrogen and oxygen atoms in total. The molecular weight excluding hydrogens is 266 g/mol. The topological polar surface area (TPSA) is 68.8 Å². The third-order valence-electron chi connectivity index (χ3n) is 3.39. The summed E-state index contributed by atoms with van der Waals surface area (Å²) in [5.41, 5.74) is 2.35. The van der Waals surface area contributed by atoms with E-state index in [0.717, 1.165) is 18.7 Å². The lowest BCUT2D eigenvalue weighted by Crippen LogP contribution is -2.21. The van der Waals surface area contributed by atoms with Crippen molar-refractivity contribution in [2.45, 2.75) is 19.4 Å². The van der Waals surface area contributed by atoms with Gasteiger partial charge in [0.15, 0.2) is 6.33 Å². The molecule has 1 aromatic carbocycles. The van der Waals surface area contributed by atoms with Crippen LogP contribution in [0.25, 0.3) is 5.69 Å². The van der Waals surface area contributed by atoms with E-state index < -0.39 is 0 Å². The predicted molar refractivity (Wildman–Crippen MR) is 78.0 cm³/mol. The van der Waals surface area contributed by atoms with Crippen molar-refractivity contribution in [3.63, 3.8) is 0 Å². The van der Waals surface area contributed by atoms with Gasteiger partial charge in [-0.25, -0.2) is 4.98 Å². The summed E-state index contributed by atoms with van der Waals surface area (Å²) in [5, 5.41) is 7.04. The molecule has 3 aromatic rings. The van der Waals surface area contributed by atoms with Crippen LogP contribution in [-0.2, 0) is 6.42 Å². The van der Waals surface area contributed by atoms with Crippen molar-refractivity contribution in [2.24, 2.45) is 0 Å². The molecule has 0 radical (unpaired) electrons. The quantitative estimate of drug-likeness (QED) is 0.750. The Hall–Kier alpha value is -2.47. The van der Waals surface area contributed by atoms with Crippen LogP contribution in [0.3, 0.4) is 0 Å². The second-order valence-corrected chi connectivity index (χ2v) is 4.82. The number of hydrogen-bond acceptors (Lipinski definition) is 5. The lowest BCUT2D eigenvalue weighted by Gasteiger charge is -2.14. The minimum absolute atomic E-state index is 0.268. The molecule has 0 bridgehead atoms. The number of nitrogens with zero attached hydrogens (tertiary/aromatic N) is 4. The molecule has 1 atom stereocenters. The second kappa shape index (κ2) is 6.32. The van der Waals surface area contributed by atoms with Gasteiger partial charge in [-0.05, 0) is 24.6 Å². The number of imidazole rings is 1. The van der Waals surface area contributed by atoms with Gasteiger partial charge in [-0.1, -0.05) is 17.3 Å². The van der Waals surface area contributed by atoms with Crippen LogP contribution in [0.4, 0.5) is 0 Å². The smallest absolute Gasteiger partial charge is 0.227 e. The van der Waals surface area contributed by atoms with Crippen LogP contribution in [-0.4, -0.2) is 26.2 Å². The van der Waals surface area contributed by atoms with Gasteiger partial charge in [-0.3, -0.25) is 0 Å². The molecule has 21 heavy (non-hydrogen) atoms. The highest BCUT2D eigenvalue weighted by atomic mass is 16.5. The maximum atomic E-state index is 4.97. The van der Waals surface area contributed by atoms with Gasteiger partial charge in [-0.15, -0.1) is 0 Å². The molecule has 0 spiro atoms. The first-order chi connectivity index (χ1) is 10.3. The molecule has 1 N–H and O–H groups in total. The van der Waals surface area contributed by atoms with Gasteiger partial charge < -0.3 is 14.4 Å². The zero-order valence-electron chi connectivity index (χ0n) is 11.8. The van der Waals surface area contributed by atoms with E-state index in [1.165, 1.54) is 11.9 Å². The highest BCUT2D eigenvalue weighted by Crippen LogP contribution is 2.15. The summed E-state index contributed by atoms with van der Waals surface area (Å²) in [4.78, 5) is 8.05. The summed E-state index contributed by atoms with van der Waals surface area (Å²) in [7, 11) is 0. The van der Waals surface area contributed by atoms with Gasteiger partial charge in [0.2, 0.25) is 5.89 Å². The lowest BCUT2D eigenvalue weighted by molar-refractivity contribution is 0.372. The normalized spacial score (nSPS) is 12.4. The fourth-order valence-electron chi connectivity index (χ4n) is 2.17. The van der Waals surface area contributed by atoms with Gasteiger partial charge in [0.05, 0.1) is 6.33 Å². The van der Waals surface area contributed by atoms with Crippen LogP contribution < -0.4 is 5.32 Å². The van der Waals surface area contributed by atoms with Crippen LogP contribution in [0.1, 0.15) is 24.4 Å². The first-order valence-electron chi connectivity index (χ1n) is 6.90. The summed E-state index contributed by atoms with van der Waals surface area (Å²) in [5.74, 6) is 0.658. The van der Waals surface area contributed by atoms with Crippen molar-refractivity contribution in [3.8, 4) is 5.69 Å². The third kappa shape index (κ3) is 3.35. The van der Waals surface area contributed by atoms with E-state index in [1.807, 2.05) is 10.8 Å². The van der Waals surface area contributed by atoms with Crippen LogP contribution >= 0.6 is 0 Å². The minimum atomic E-state index is 0.268. The second-order valence-electron chi connectivity index (χ2n) is 4.82. The van der Waals surface area contributed by atoms with E-state index in [0.29, 0.717) is 5.89 Å². The largest absolute Gasteiger partial charge is 0.340 e. The average Bonchev–Trinajstić information content (AvgIpc) is 3.21. The molecule has 0 aliphatic rings. The van der Waals surface area contributed by atoms with Crippen LogP contribution in [0, 0.1) is 0 Å². The molecule has 3 rings (SSSR count). The lowest BCUT2D eigenvalue weighted by atomic mass is 10.1. The summed E-state index contributed by atoms with van der Waals surface area (Å²) < 4.78 is 6.95. The molecule has 2 aromatic heterocycles. The van der Waals surface area contributed by atoms with Gasteiger partial charge >= 0.3 is 0 Å². The third-order valence-corrected chi connectivity index (χ3v) is 3.39. The zero-order valence-corrected chi connectivity index (χ0v) is 11.8. The monoisotopic (exact) mass is 283 g/mol. The van der Waals surface area contributed by atoms with E-state index in [4.69, 9.17) is 4.52 Å². The summed E-state index contributed by atoms with van der Waals surface area (Å²) in [6.45, 7) is 2.94. The van der Waals surface area contributed by atoms with Crippen molar-refractivity contribution in [1.82, 2.24) is 25.0 Å². The number of rotatable bonds is 6. The average molecular weight is 283 g/mol. The molecular formula is C15H17N5O. The molecule has 1 unspecified atom stereocenters. The SMILES string of the molecule is CC(NCCc1ncno1)c1ccc(-n2ccnc2)cc1. The van der Waals surface area contributed by atoms with Crippen LogP contribution in [0.2, 0.25) is 0 Å². The highest BCUT2D eigenvalue weighted by Gasteiger charge is 2.06. The van der Waals surface area contributed by atoms with Crippen LogP contribution in [0.15, 0.2) is 53.8 Å². The van der Waals surface area contributed by atoms with E-state index in [1.54, 1.807) is 12.5 Å². The molecule has 2 heterocycles. The number of benzene rings is 1. The Balaban J connectivity index is 1.56. The Morgan fingerprint density at radius 1 is 1.29 bits per heavy atom. The molecule has 0 aliphatic heterocycles. The van der Waals surface area contributed by atoms with Crippen molar-refractivity contribution >= 4 is 0 Å². The minimum Gasteiger partial charge on any atom is -0.340 e. The first kappa shape index (κ1) is 13.5. The van der Waals surface area contributed by atoms with Gasteiger partial charge in [-0.2, -0.15) is 4.98 Å². The van der Waals surface area contributed by atoms with Gasteiger partial charge in [0.25, 0.3) is 0 Å². The predicted octanol–water partition coefficient (Wildman–Crippen LogP) is 2.15. The molecule has 0 saturated heterocycles.